The summed E-state index contributed by atoms with van der Waals surface area (Å²) in [6, 6.07) is 4.41. The van der Waals surface area contributed by atoms with Crippen LogP contribution in [0.5, 0.6) is 0 Å². The zero-order valence-electron chi connectivity index (χ0n) is 14.2. The molecular weight excluding hydrogens is 320 g/mol. The van der Waals surface area contributed by atoms with Gasteiger partial charge in [0.15, 0.2) is 5.76 Å². The van der Waals surface area contributed by atoms with Crippen molar-refractivity contribution in [3.63, 3.8) is 0 Å². The van der Waals surface area contributed by atoms with E-state index in [0.29, 0.717) is 25.4 Å². The lowest BCUT2D eigenvalue weighted by Crippen LogP contribution is -2.47. The molecule has 2 aromatic rings. The van der Waals surface area contributed by atoms with E-state index in [2.05, 4.69) is 23.6 Å². The maximum Gasteiger partial charge on any atom is 0.287 e. The first-order valence-electron chi connectivity index (χ1n) is 7.92. The highest BCUT2D eigenvalue weighted by molar-refractivity contribution is 5.95. The predicted molar refractivity (Wildman–Crippen MR) is 93.9 cm³/mol. The van der Waals surface area contributed by atoms with Gasteiger partial charge in [-0.3, -0.25) is 14.3 Å². The third-order valence-electron chi connectivity index (χ3n) is 3.49. The number of hydrogen-bond donors (Lipinski definition) is 1. The zero-order chi connectivity index (χ0) is 18.2. The number of carbonyl (C=O) groups excluding carboxylic acids is 2. The Morgan fingerprint density at radius 2 is 2.08 bits per heavy atom. The van der Waals surface area contributed by atoms with Gasteiger partial charge in [0.05, 0.1) is 6.54 Å². The zero-order valence-corrected chi connectivity index (χ0v) is 14.2. The summed E-state index contributed by atoms with van der Waals surface area (Å²) in [7, 11) is 0. The van der Waals surface area contributed by atoms with Crippen LogP contribution in [0.4, 0.5) is 0 Å². The average molecular weight is 342 g/mol. The van der Waals surface area contributed by atoms with Crippen LogP contribution in [0.2, 0.25) is 0 Å². The summed E-state index contributed by atoms with van der Waals surface area (Å²) in [5.74, 6) is 0.106. The van der Waals surface area contributed by atoms with E-state index in [1.165, 1.54) is 0 Å². The van der Waals surface area contributed by atoms with E-state index in [0.717, 1.165) is 0 Å². The molecule has 0 bridgehead atoms. The van der Waals surface area contributed by atoms with Gasteiger partial charge in [-0.25, -0.2) is 0 Å². The summed E-state index contributed by atoms with van der Waals surface area (Å²) in [6.07, 6.45) is 6.73. The Labute approximate surface area is 146 Å². The summed E-state index contributed by atoms with van der Waals surface area (Å²) in [6.45, 7) is 10.1. The Bertz CT molecular complexity index is 723. The fraction of sp³-hybridized carbons (Fsp3) is 0.278. The Kier molecular flexibility index (Phi) is 6.33. The van der Waals surface area contributed by atoms with E-state index in [4.69, 9.17) is 4.42 Å². The van der Waals surface area contributed by atoms with E-state index in [-0.39, 0.29) is 11.7 Å². The van der Waals surface area contributed by atoms with Gasteiger partial charge < -0.3 is 14.6 Å². The molecule has 7 nitrogen and oxygen atoms in total. The molecule has 0 aromatic carbocycles. The third-order valence-corrected chi connectivity index (χ3v) is 3.49. The first kappa shape index (κ1) is 18.3. The predicted octanol–water partition coefficient (Wildman–Crippen LogP) is 1.84. The van der Waals surface area contributed by atoms with Crippen LogP contribution >= 0.6 is 0 Å². The Morgan fingerprint density at radius 1 is 1.36 bits per heavy atom. The molecular formula is C18H22N4O3. The number of carbonyl (C=O) groups is 2. The normalized spacial score (nSPS) is 11.6. The largest absolute Gasteiger partial charge is 0.454 e. The van der Waals surface area contributed by atoms with Crippen molar-refractivity contribution < 1.29 is 14.0 Å². The second-order valence-corrected chi connectivity index (χ2v) is 5.49. The molecule has 7 heteroatoms. The van der Waals surface area contributed by atoms with Gasteiger partial charge in [-0.1, -0.05) is 12.2 Å². The number of rotatable bonds is 9. The maximum atomic E-state index is 12.4. The van der Waals surface area contributed by atoms with E-state index < -0.39 is 11.9 Å². The molecule has 0 aliphatic carbocycles. The van der Waals surface area contributed by atoms with Crippen LogP contribution in [0.15, 0.2) is 60.3 Å². The standard InChI is InChI=1S/C18H22N4O3/c1-4-10-21(11-5-2)18(24)14(3)20-17(23)16-8-7-15(25-16)13-22-12-6-9-19-22/h4-9,12,14H,1-2,10-11,13H2,3H3,(H,20,23). The summed E-state index contributed by atoms with van der Waals surface area (Å²) in [5, 5.41) is 6.73. The summed E-state index contributed by atoms with van der Waals surface area (Å²) < 4.78 is 7.21. The molecule has 0 fully saturated rings. The molecule has 1 N–H and O–H groups in total. The first-order chi connectivity index (χ1) is 12.0. The number of furan rings is 1. The van der Waals surface area contributed by atoms with Crippen LogP contribution in [0.1, 0.15) is 23.2 Å². The first-order valence-corrected chi connectivity index (χ1v) is 7.92. The van der Waals surface area contributed by atoms with Crippen LogP contribution in [0.3, 0.4) is 0 Å². The van der Waals surface area contributed by atoms with Gasteiger partial charge >= 0.3 is 0 Å². The molecule has 0 aliphatic rings. The van der Waals surface area contributed by atoms with Crippen molar-refractivity contribution in [3.8, 4) is 0 Å². The topological polar surface area (TPSA) is 80.4 Å². The Hall–Kier alpha value is -3.09. The van der Waals surface area contributed by atoms with Gasteiger partial charge in [-0.05, 0) is 25.1 Å². The molecule has 1 atom stereocenters. The molecule has 0 spiro atoms. The number of aromatic nitrogens is 2. The van der Waals surface area contributed by atoms with Crippen LogP contribution < -0.4 is 5.32 Å². The van der Waals surface area contributed by atoms with Gasteiger partial charge in [0.1, 0.15) is 11.8 Å². The Morgan fingerprint density at radius 3 is 2.68 bits per heavy atom. The van der Waals surface area contributed by atoms with Crippen molar-refractivity contribution in [1.82, 2.24) is 20.0 Å². The lowest BCUT2D eigenvalue weighted by atomic mass is 10.2. The van der Waals surface area contributed by atoms with Gasteiger partial charge in [-0.2, -0.15) is 5.10 Å². The number of nitrogens with zero attached hydrogens (tertiary/aromatic N) is 3. The maximum absolute atomic E-state index is 12.4. The number of hydrogen-bond acceptors (Lipinski definition) is 4. The second-order valence-electron chi connectivity index (χ2n) is 5.49. The highest BCUT2D eigenvalue weighted by Gasteiger charge is 2.22. The van der Waals surface area contributed by atoms with E-state index >= 15 is 0 Å². The molecule has 0 saturated carbocycles. The van der Waals surface area contributed by atoms with Crippen molar-refractivity contribution in [2.75, 3.05) is 13.1 Å². The van der Waals surface area contributed by atoms with Crippen molar-refractivity contribution in [2.45, 2.75) is 19.5 Å². The van der Waals surface area contributed by atoms with E-state index in [1.54, 1.807) is 53.2 Å². The smallest absolute Gasteiger partial charge is 0.287 e. The summed E-state index contributed by atoms with van der Waals surface area (Å²) >= 11 is 0. The lowest BCUT2D eigenvalue weighted by Gasteiger charge is -2.23. The highest BCUT2D eigenvalue weighted by atomic mass is 16.4. The van der Waals surface area contributed by atoms with Gasteiger partial charge in [-0.15, -0.1) is 13.2 Å². The molecule has 0 radical (unpaired) electrons. The molecule has 1 unspecified atom stereocenters. The van der Waals surface area contributed by atoms with Crippen LogP contribution in [-0.2, 0) is 11.3 Å². The third kappa shape index (κ3) is 4.94. The van der Waals surface area contributed by atoms with Gasteiger partial charge in [0.2, 0.25) is 5.91 Å². The molecule has 25 heavy (non-hydrogen) atoms. The second kappa shape index (κ2) is 8.68. The van der Waals surface area contributed by atoms with E-state index in [9.17, 15) is 9.59 Å². The molecule has 132 valence electrons. The van der Waals surface area contributed by atoms with Crippen molar-refractivity contribution in [2.24, 2.45) is 0 Å². The van der Waals surface area contributed by atoms with Crippen LogP contribution in [0.25, 0.3) is 0 Å². The minimum absolute atomic E-state index is 0.154. The molecule has 2 amide bonds. The minimum atomic E-state index is -0.688. The molecule has 0 saturated heterocycles. The summed E-state index contributed by atoms with van der Waals surface area (Å²) in [5.41, 5.74) is 0. The molecule has 0 aliphatic heterocycles. The number of nitrogens with one attached hydrogen (secondary N) is 1. The molecule has 2 rings (SSSR count). The van der Waals surface area contributed by atoms with Gasteiger partial charge in [0, 0.05) is 25.5 Å². The van der Waals surface area contributed by atoms with Gasteiger partial charge in [0.25, 0.3) is 5.91 Å². The SMILES string of the molecule is C=CCN(CC=C)C(=O)C(C)NC(=O)c1ccc(Cn2cccn2)o1. The van der Waals surface area contributed by atoms with Crippen LogP contribution in [-0.4, -0.2) is 45.6 Å². The van der Waals surface area contributed by atoms with Crippen molar-refractivity contribution in [1.29, 1.82) is 0 Å². The number of amides is 2. The quantitative estimate of drug-likeness (QED) is 0.705. The highest BCUT2D eigenvalue weighted by Crippen LogP contribution is 2.10. The fourth-order valence-corrected chi connectivity index (χ4v) is 2.31. The lowest BCUT2D eigenvalue weighted by molar-refractivity contribution is -0.131. The molecule has 2 heterocycles. The minimum Gasteiger partial charge on any atom is -0.454 e. The van der Waals surface area contributed by atoms with E-state index in [1.807, 2.05) is 6.07 Å². The van der Waals surface area contributed by atoms with Crippen molar-refractivity contribution >= 4 is 11.8 Å². The van der Waals surface area contributed by atoms with Crippen molar-refractivity contribution in [3.05, 3.63) is 67.4 Å². The monoisotopic (exact) mass is 342 g/mol. The summed E-state index contributed by atoms with van der Waals surface area (Å²) in [4.78, 5) is 26.2. The Balaban J connectivity index is 1.96. The molecule has 2 aromatic heterocycles. The average Bonchev–Trinajstić information content (AvgIpc) is 3.26. The fourth-order valence-electron chi connectivity index (χ4n) is 2.31. The van der Waals surface area contributed by atoms with Crippen LogP contribution in [0, 0.1) is 0 Å².